The minimum Gasteiger partial charge on any atom is -0.497 e. The third kappa shape index (κ3) is 3.65. The van der Waals surface area contributed by atoms with Gasteiger partial charge in [-0.15, -0.1) is 0 Å². The Morgan fingerprint density at radius 2 is 1.63 bits per heavy atom. The van der Waals surface area contributed by atoms with Crippen LogP contribution in [0.4, 0.5) is 0 Å². The molecule has 1 aliphatic heterocycles. The fraction of sp³-hybridized carbons (Fsp3) is 0.333. The Balaban J connectivity index is 1.74. The van der Waals surface area contributed by atoms with Gasteiger partial charge in [-0.3, -0.25) is 9.59 Å². The van der Waals surface area contributed by atoms with Crippen molar-refractivity contribution in [3.05, 3.63) is 64.9 Å². The van der Waals surface area contributed by atoms with Gasteiger partial charge in [0.15, 0.2) is 5.78 Å². The topological polar surface area (TPSA) is 73.9 Å². The normalized spacial score (nSPS) is 21.0. The van der Waals surface area contributed by atoms with Crippen LogP contribution in [0.25, 0.3) is 0 Å². The molecule has 6 nitrogen and oxygen atoms in total. The van der Waals surface area contributed by atoms with Crippen molar-refractivity contribution in [1.29, 1.82) is 0 Å². The van der Waals surface area contributed by atoms with Gasteiger partial charge in [-0.2, -0.15) is 0 Å². The Morgan fingerprint density at radius 1 is 0.867 bits per heavy atom. The summed E-state index contributed by atoms with van der Waals surface area (Å²) in [4.78, 5) is 25.9. The highest BCUT2D eigenvalue weighted by atomic mass is 16.5. The van der Waals surface area contributed by atoms with E-state index in [1.807, 2.05) is 42.5 Å². The third-order valence-corrected chi connectivity index (χ3v) is 5.91. The van der Waals surface area contributed by atoms with Gasteiger partial charge in [0, 0.05) is 35.6 Å². The quantitative estimate of drug-likeness (QED) is 0.818. The lowest BCUT2D eigenvalue weighted by Crippen LogP contribution is -2.38. The molecule has 2 aromatic carbocycles. The number of Topliss-reactive ketones (excluding diaryl/α,β-unsaturated/α-hetero) is 1. The lowest BCUT2D eigenvalue weighted by molar-refractivity contribution is -0.122. The summed E-state index contributed by atoms with van der Waals surface area (Å²) in [5, 5.41) is 2.96. The van der Waals surface area contributed by atoms with Crippen LogP contribution in [0.15, 0.2) is 53.7 Å². The fourth-order valence-electron chi connectivity index (χ4n) is 4.47. The molecular formula is C24H25NO5. The highest BCUT2D eigenvalue weighted by Gasteiger charge is 2.39. The average molecular weight is 407 g/mol. The van der Waals surface area contributed by atoms with E-state index in [4.69, 9.17) is 14.2 Å². The van der Waals surface area contributed by atoms with Gasteiger partial charge in [0.2, 0.25) is 5.91 Å². The Morgan fingerprint density at radius 3 is 2.37 bits per heavy atom. The number of rotatable bonds is 5. The van der Waals surface area contributed by atoms with Crippen molar-refractivity contribution in [3.8, 4) is 17.2 Å². The van der Waals surface area contributed by atoms with Crippen molar-refractivity contribution in [2.75, 3.05) is 21.3 Å². The summed E-state index contributed by atoms with van der Waals surface area (Å²) in [5.74, 6) is 1.67. The summed E-state index contributed by atoms with van der Waals surface area (Å²) >= 11 is 0. The van der Waals surface area contributed by atoms with Gasteiger partial charge in [0.05, 0.1) is 21.3 Å². The Bertz CT molecular complexity index is 1030. The first-order valence-electron chi connectivity index (χ1n) is 9.96. The first kappa shape index (κ1) is 20.0. The van der Waals surface area contributed by atoms with Crippen LogP contribution in [0.1, 0.15) is 42.2 Å². The lowest BCUT2D eigenvalue weighted by atomic mass is 9.73. The second-order valence-corrected chi connectivity index (χ2v) is 7.61. The molecule has 2 aromatic rings. The second-order valence-electron chi connectivity index (χ2n) is 7.61. The molecule has 0 unspecified atom stereocenters. The number of hydrogen-bond donors (Lipinski definition) is 1. The molecule has 1 heterocycles. The predicted octanol–water partition coefficient (Wildman–Crippen LogP) is 3.72. The van der Waals surface area contributed by atoms with E-state index >= 15 is 0 Å². The van der Waals surface area contributed by atoms with Crippen LogP contribution in [0.2, 0.25) is 0 Å². The molecule has 0 fully saturated rings. The summed E-state index contributed by atoms with van der Waals surface area (Å²) in [6, 6.07) is 13.2. The van der Waals surface area contributed by atoms with Crippen molar-refractivity contribution in [2.45, 2.75) is 31.1 Å². The molecule has 1 amide bonds. The van der Waals surface area contributed by atoms with Gasteiger partial charge < -0.3 is 19.5 Å². The van der Waals surface area contributed by atoms with Gasteiger partial charge in [-0.1, -0.05) is 12.1 Å². The Kier molecular flexibility index (Phi) is 5.48. The molecule has 0 saturated carbocycles. The van der Waals surface area contributed by atoms with Crippen LogP contribution in [0.3, 0.4) is 0 Å². The molecule has 4 rings (SSSR count). The number of benzene rings is 2. The minimum absolute atomic E-state index is 0.00222. The van der Waals surface area contributed by atoms with Crippen LogP contribution in [-0.2, 0) is 9.59 Å². The van der Waals surface area contributed by atoms with Crippen LogP contribution < -0.4 is 19.5 Å². The van der Waals surface area contributed by atoms with Gasteiger partial charge in [-0.05, 0) is 48.2 Å². The molecule has 0 saturated heterocycles. The molecule has 2 atom stereocenters. The molecule has 2 aliphatic rings. The zero-order chi connectivity index (χ0) is 21.3. The van der Waals surface area contributed by atoms with E-state index in [1.54, 1.807) is 21.3 Å². The van der Waals surface area contributed by atoms with Crippen molar-refractivity contribution < 1.29 is 23.8 Å². The number of nitrogens with one attached hydrogen (secondary N) is 1. The number of carbonyl (C=O) groups is 2. The summed E-state index contributed by atoms with van der Waals surface area (Å²) in [7, 11) is 4.80. The van der Waals surface area contributed by atoms with Gasteiger partial charge in [0.25, 0.3) is 0 Å². The molecule has 1 aliphatic carbocycles. The minimum atomic E-state index is -0.349. The van der Waals surface area contributed by atoms with E-state index in [-0.39, 0.29) is 29.9 Å². The maximum atomic E-state index is 13.3. The van der Waals surface area contributed by atoms with Crippen LogP contribution in [0.5, 0.6) is 17.2 Å². The zero-order valence-corrected chi connectivity index (χ0v) is 17.4. The van der Waals surface area contributed by atoms with Crippen molar-refractivity contribution >= 4 is 11.7 Å². The summed E-state index contributed by atoms with van der Waals surface area (Å²) in [6.45, 7) is 0. The van der Waals surface area contributed by atoms with Crippen LogP contribution in [-0.4, -0.2) is 33.0 Å². The number of allylic oxidation sites excluding steroid dienone is 2. The van der Waals surface area contributed by atoms with Gasteiger partial charge >= 0.3 is 0 Å². The highest BCUT2D eigenvalue weighted by molar-refractivity contribution is 6.02. The van der Waals surface area contributed by atoms with Gasteiger partial charge in [-0.25, -0.2) is 0 Å². The van der Waals surface area contributed by atoms with Gasteiger partial charge in [0.1, 0.15) is 17.2 Å². The second kappa shape index (κ2) is 8.22. The number of carbonyl (C=O) groups excluding carboxylic acids is 2. The molecule has 30 heavy (non-hydrogen) atoms. The first-order chi connectivity index (χ1) is 14.5. The van der Waals surface area contributed by atoms with E-state index in [1.165, 1.54) is 0 Å². The molecule has 1 N–H and O–H groups in total. The first-order valence-corrected chi connectivity index (χ1v) is 9.96. The number of methoxy groups -OCH3 is 3. The third-order valence-electron chi connectivity index (χ3n) is 5.91. The summed E-state index contributed by atoms with van der Waals surface area (Å²) in [5.41, 5.74) is 3.22. The van der Waals surface area contributed by atoms with E-state index in [0.29, 0.717) is 35.6 Å². The average Bonchev–Trinajstić information content (AvgIpc) is 2.77. The van der Waals surface area contributed by atoms with E-state index in [0.717, 1.165) is 16.9 Å². The Hall–Kier alpha value is -3.28. The fourth-order valence-corrected chi connectivity index (χ4v) is 4.47. The monoisotopic (exact) mass is 407 g/mol. The molecule has 6 heteroatoms. The molecule has 156 valence electrons. The number of ketones is 1. The molecule has 0 aromatic heterocycles. The summed E-state index contributed by atoms with van der Waals surface area (Å²) < 4.78 is 16.2. The van der Waals surface area contributed by atoms with E-state index < -0.39 is 0 Å². The Labute approximate surface area is 175 Å². The van der Waals surface area contributed by atoms with Crippen LogP contribution >= 0.6 is 0 Å². The molecular weight excluding hydrogens is 382 g/mol. The zero-order valence-electron chi connectivity index (χ0n) is 17.4. The maximum absolute atomic E-state index is 13.3. The predicted molar refractivity (Wildman–Crippen MR) is 112 cm³/mol. The van der Waals surface area contributed by atoms with Crippen LogP contribution in [0, 0.1) is 0 Å². The largest absolute Gasteiger partial charge is 0.497 e. The number of hydrogen-bond acceptors (Lipinski definition) is 5. The number of ether oxygens (including phenoxy) is 3. The van der Waals surface area contributed by atoms with Crippen molar-refractivity contribution in [1.82, 2.24) is 5.32 Å². The van der Waals surface area contributed by atoms with E-state index in [2.05, 4.69) is 5.32 Å². The maximum Gasteiger partial charge on any atom is 0.225 e. The van der Waals surface area contributed by atoms with Crippen molar-refractivity contribution in [3.63, 3.8) is 0 Å². The lowest BCUT2D eigenvalue weighted by Gasteiger charge is -2.35. The summed E-state index contributed by atoms with van der Waals surface area (Å²) in [6.07, 6.45) is 1.20. The molecule has 0 spiro atoms. The smallest absolute Gasteiger partial charge is 0.225 e. The molecule has 0 bridgehead atoms. The SMILES string of the molecule is COc1cccc([C@H]2CC(=O)C3=C(C2)NC(=O)C[C@@H]3c2cc(OC)ccc2OC)c1. The highest BCUT2D eigenvalue weighted by Crippen LogP contribution is 2.45. The van der Waals surface area contributed by atoms with Crippen molar-refractivity contribution in [2.24, 2.45) is 0 Å². The van der Waals surface area contributed by atoms with E-state index in [9.17, 15) is 9.59 Å². The number of amides is 1. The molecule has 0 radical (unpaired) electrons. The standard InChI is InChI=1S/C24H25NO5/c1-28-16-6-4-5-14(9-16)15-10-20-24(21(26)11-15)19(13-23(27)25-20)18-12-17(29-2)7-8-22(18)30-3/h4-9,12,15,19H,10-11,13H2,1-3H3,(H,25,27)/t15-,19-/m1/s1.